The SMILES string of the molecule is ICCCOCCI. The molecule has 0 saturated carbocycles. The van der Waals surface area contributed by atoms with Gasteiger partial charge >= 0.3 is 0 Å². The second-order valence-electron chi connectivity index (χ2n) is 1.34. The fourth-order valence-corrected chi connectivity index (χ4v) is 0.936. The fraction of sp³-hybridized carbons (Fsp3) is 1.00. The van der Waals surface area contributed by atoms with E-state index < -0.39 is 0 Å². The Bertz CT molecular complexity index is 35.4. The van der Waals surface area contributed by atoms with Crippen molar-refractivity contribution in [1.29, 1.82) is 0 Å². The molecule has 0 aromatic rings. The number of alkyl halides is 2. The van der Waals surface area contributed by atoms with Gasteiger partial charge in [0.1, 0.15) is 0 Å². The maximum absolute atomic E-state index is 5.21. The van der Waals surface area contributed by atoms with Crippen LogP contribution >= 0.6 is 45.2 Å². The second kappa shape index (κ2) is 8.42. The lowest BCUT2D eigenvalue weighted by molar-refractivity contribution is 0.153. The predicted molar refractivity (Wildman–Crippen MR) is 53.2 cm³/mol. The van der Waals surface area contributed by atoms with Crippen molar-refractivity contribution in [3.8, 4) is 0 Å². The summed E-state index contributed by atoms with van der Waals surface area (Å²) in [5.74, 6) is 0. The summed E-state index contributed by atoms with van der Waals surface area (Å²) in [4.78, 5) is 0. The molecule has 0 aliphatic carbocycles. The van der Waals surface area contributed by atoms with E-state index in [9.17, 15) is 0 Å². The predicted octanol–water partition coefficient (Wildman–Crippen LogP) is 2.26. The molecule has 0 atom stereocenters. The van der Waals surface area contributed by atoms with Crippen molar-refractivity contribution in [1.82, 2.24) is 0 Å². The van der Waals surface area contributed by atoms with Gasteiger partial charge in [-0.25, -0.2) is 0 Å². The summed E-state index contributed by atoms with van der Waals surface area (Å²) in [7, 11) is 0. The molecule has 0 bridgehead atoms. The van der Waals surface area contributed by atoms with E-state index in [2.05, 4.69) is 45.2 Å². The van der Waals surface area contributed by atoms with E-state index in [0.29, 0.717) is 0 Å². The third kappa shape index (κ3) is 7.42. The molecule has 0 aromatic carbocycles. The minimum absolute atomic E-state index is 0.914. The smallest absolute Gasteiger partial charge is 0.0555 e. The molecule has 0 heterocycles. The summed E-state index contributed by atoms with van der Waals surface area (Å²) in [6.45, 7) is 1.85. The summed E-state index contributed by atoms with van der Waals surface area (Å²) in [5, 5.41) is 0. The first-order valence-corrected chi connectivity index (χ1v) is 5.66. The van der Waals surface area contributed by atoms with E-state index in [1.807, 2.05) is 0 Å². The number of ether oxygens (including phenoxy) is 1. The average Bonchev–Trinajstić information content (AvgIpc) is 1.81. The van der Waals surface area contributed by atoms with Gasteiger partial charge in [-0.2, -0.15) is 0 Å². The van der Waals surface area contributed by atoms with Crippen LogP contribution < -0.4 is 0 Å². The van der Waals surface area contributed by atoms with Crippen molar-refractivity contribution in [2.24, 2.45) is 0 Å². The Balaban J connectivity index is 2.53. The molecule has 3 heteroatoms. The highest BCUT2D eigenvalue weighted by Crippen LogP contribution is 1.90. The molecule has 0 rings (SSSR count). The Labute approximate surface area is 77.8 Å². The molecule has 8 heavy (non-hydrogen) atoms. The zero-order valence-corrected chi connectivity index (χ0v) is 9.01. The van der Waals surface area contributed by atoms with E-state index in [4.69, 9.17) is 4.74 Å². The minimum Gasteiger partial charge on any atom is -0.381 e. The summed E-state index contributed by atoms with van der Waals surface area (Å²) in [6.07, 6.45) is 1.19. The zero-order valence-electron chi connectivity index (χ0n) is 4.70. The van der Waals surface area contributed by atoms with E-state index >= 15 is 0 Å². The molecule has 0 aliphatic rings. The van der Waals surface area contributed by atoms with Gasteiger partial charge in [-0.05, 0) is 6.42 Å². The maximum atomic E-state index is 5.21. The molecule has 50 valence electrons. The highest BCUT2D eigenvalue weighted by molar-refractivity contribution is 14.1. The molecule has 0 aliphatic heterocycles. The maximum Gasteiger partial charge on any atom is 0.0555 e. The molecular weight excluding hydrogens is 330 g/mol. The lowest BCUT2D eigenvalue weighted by Gasteiger charge is -1.96. The van der Waals surface area contributed by atoms with Gasteiger partial charge in [0.25, 0.3) is 0 Å². The summed E-state index contributed by atoms with van der Waals surface area (Å²) >= 11 is 4.67. The van der Waals surface area contributed by atoms with Crippen LogP contribution in [0, 0.1) is 0 Å². The number of hydrogen-bond donors (Lipinski definition) is 0. The fourth-order valence-electron chi connectivity index (χ4n) is 0.313. The first-order valence-electron chi connectivity index (χ1n) is 2.61. The molecule has 0 spiro atoms. The van der Waals surface area contributed by atoms with Crippen molar-refractivity contribution in [3.05, 3.63) is 0 Å². The largest absolute Gasteiger partial charge is 0.381 e. The van der Waals surface area contributed by atoms with Crippen LogP contribution in [0.4, 0.5) is 0 Å². The molecular formula is C5H10I2O. The molecule has 1 nitrogen and oxygen atoms in total. The minimum atomic E-state index is 0.914. The topological polar surface area (TPSA) is 9.23 Å². The van der Waals surface area contributed by atoms with Gasteiger partial charge in [-0.15, -0.1) is 0 Å². The summed E-state index contributed by atoms with van der Waals surface area (Å²) in [6, 6.07) is 0. The van der Waals surface area contributed by atoms with Crippen LogP contribution in [0.3, 0.4) is 0 Å². The van der Waals surface area contributed by atoms with Crippen molar-refractivity contribution >= 4 is 45.2 Å². The van der Waals surface area contributed by atoms with Gasteiger partial charge in [-0.3, -0.25) is 0 Å². The standard InChI is InChI=1S/C5H10I2O/c6-2-1-4-8-5-3-7/h1-5H2. The molecule has 0 fully saturated rings. The van der Waals surface area contributed by atoms with Gasteiger partial charge in [0, 0.05) is 15.5 Å². The molecule has 0 radical (unpaired) electrons. The Hall–Kier alpha value is 1.42. The first kappa shape index (κ1) is 9.42. The van der Waals surface area contributed by atoms with E-state index in [-0.39, 0.29) is 0 Å². The van der Waals surface area contributed by atoms with Crippen LogP contribution in [0.2, 0.25) is 0 Å². The number of rotatable bonds is 5. The van der Waals surface area contributed by atoms with Gasteiger partial charge in [-0.1, -0.05) is 45.2 Å². The lowest BCUT2D eigenvalue weighted by Crippen LogP contribution is -1.97. The van der Waals surface area contributed by atoms with Crippen LogP contribution in [-0.4, -0.2) is 22.1 Å². The highest BCUT2D eigenvalue weighted by Gasteiger charge is 1.83. The van der Waals surface area contributed by atoms with E-state index in [0.717, 1.165) is 17.6 Å². The average molecular weight is 340 g/mol. The molecule has 0 aromatic heterocycles. The van der Waals surface area contributed by atoms with Crippen LogP contribution in [0.1, 0.15) is 6.42 Å². The van der Waals surface area contributed by atoms with Crippen LogP contribution in [0.25, 0.3) is 0 Å². The number of hydrogen-bond acceptors (Lipinski definition) is 1. The zero-order chi connectivity index (χ0) is 6.24. The van der Waals surface area contributed by atoms with Gasteiger partial charge in [0.2, 0.25) is 0 Å². The Morgan fingerprint density at radius 2 is 1.75 bits per heavy atom. The van der Waals surface area contributed by atoms with Crippen LogP contribution in [-0.2, 0) is 4.74 Å². The first-order chi connectivity index (χ1) is 3.91. The van der Waals surface area contributed by atoms with Crippen LogP contribution in [0.5, 0.6) is 0 Å². The molecule has 0 N–H and O–H groups in total. The lowest BCUT2D eigenvalue weighted by atomic mass is 10.5. The van der Waals surface area contributed by atoms with Crippen molar-refractivity contribution < 1.29 is 4.74 Å². The normalized spacial score (nSPS) is 9.75. The quantitative estimate of drug-likeness (QED) is 0.424. The van der Waals surface area contributed by atoms with Gasteiger partial charge < -0.3 is 4.74 Å². The third-order valence-electron chi connectivity index (χ3n) is 0.644. The van der Waals surface area contributed by atoms with Gasteiger partial charge in [0.05, 0.1) is 6.61 Å². The molecule has 0 unspecified atom stereocenters. The highest BCUT2D eigenvalue weighted by atomic mass is 127. The Morgan fingerprint density at radius 3 is 2.25 bits per heavy atom. The second-order valence-corrected chi connectivity index (χ2v) is 3.50. The van der Waals surface area contributed by atoms with Crippen molar-refractivity contribution in [2.75, 3.05) is 22.1 Å². The Kier molecular flexibility index (Phi) is 9.91. The van der Waals surface area contributed by atoms with Crippen molar-refractivity contribution in [2.45, 2.75) is 6.42 Å². The number of halogens is 2. The molecule has 0 amide bonds. The summed E-state index contributed by atoms with van der Waals surface area (Å²) in [5.41, 5.74) is 0. The van der Waals surface area contributed by atoms with Crippen LogP contribution in [0.15, 0.2) is 0 Å². The Morgan fingerprint density at radius 1 is 1.00 bits per heavy atom. The van der Waals surface area contributed by atoms with E-state index in [1.54, 1.807) is 0 Å². The monoisotopic (exact) mass is 340 g/mol. The van der Waals surface area contributed by atoms with E-state index in [1.165, 1.54) is 10.8 Å². The van der Waals surface area contributed by atoms with Gasteiger partial charge in [0.15, 0.2) is 0 Å². The molecule has 0 saturated heterocycles. The van der Waals surface area contributed by atoms with Crippen molar-refractivity contribution in [3.63, 3.8) is 0 Å². The third-order valence-corrected chi connectivity index (χ3v) is 1.85. The summed E-state index contributed by atoms with van der Waals surface area (Å²) < 4.78 is 7.53.